The average Bonchev–Trinajstić information content (AvgIpc) is 3.21. The van der Waals surface area contributed by atoms with E-state index in [1.807, 2.05) is 35.2 Å². The fourth-order valence-electron chi connectivity index (χ4n) is 5.03. The standard InChI is InChI=1S/C26H31ClN4O3/c1-17(32)31-12-10-30(11-13-31)15-20(33)16-34-21-5-2-18(3-6-21)25-26-22(8-9-28-25)23-14-19(27)4-7-24(23)29-26/h2-7,14,20,25,28-29,33H,8-13,15-16H2,1H3. The zero-order chi connectivity index (χ0) is 23.7. The molecule has 3 heterocycles. The molecule has 0 radical (unpaired) electrons. The highest BCUT2D eigenvalue weighted by atomic mass is 35.5. The number of amides is 1. The Bertz CT molecular complexity index is 1150. The maximum Gasteiger partial charge on any atom is 0.219 e. The third-order valence-electron chi connectivity index (χ3n) is 6.86. The minimum Gasteiger partial charge on any atom is -0.491 e. The van der Waals surface area contributed by atoms with Crippen LogP contribution in [0.4, 0.5) is 0 Å². The highest BCUT2D eigenvalue weighted by Gasteiger charge is 2.25. The second-order valence-electron chi connectivity index (χ2n) is 9.18. The van der Waals surface area contributed by atoms with E-state index in [-0.39, 0.29) is 18.6 Å². The van der Waals surface area contributed by atoms with Crippen molar-refractivity contribution in [1.29, 1.82) is 0 Å². The number of aliphatic hydroxyl groups excluding tert-OH is 1. The highest BCUT2D eigenvalue weighted by Crippen LogP contribution is 2.35. The summed E-state index contributed by atoms with van der Waals surface area (Å²) in [5, 5.41) is 16.0. The lowest BCUT2D eigenvalue weighted by atomic mass is 9.94. The van der Waals surface area contributed by atoms with Gasteiger partial charge in [-0.3, -0.25) is 9.69 Å². The number of hydrogen-bond donors (Lipinski definition) is 3. The van der Waals surface area contributed by atoms with Gasteiger partial charge in [0.2, 0.25) is 5.91 Å². The van der Waals surface area contributed by atoms with Gasteiger partial charge in [0.1, 0.15) is 18.5 Å². The van der Waals surface area contributed by atoms with Crippen LogP contribution < -0.4 is 10.1 Å². The molecule has 2 aromatic carbocycles. The van der Waals surface area contributed by atoms with Crippen molar-refractivity contribution in [1.82, 2.24) is 20.1 Å². The van der Waals surface area contributed by atoms with Crippen molar-refractivity contribution in [2.45, 2.75) is 25.5 Å². The third kappa shape index (κ3) is 4.93. The number of piperazine rings is 1. The normalized spacial score (nSPS) is 19.7. The number of aliphatic hydroxyl groups is 1. The smallest absolute Gasteiger partial charge is 0.219 e. The Balaban J connectivity index is 1.18. The van der Waals surface area contributed by atoms with E-state index in [9.17, 15) is 9.90 Å². The maximum atomic E-state index is 11.5. The summed E-state index contributed by atoms with van der Waals surface area (Å²) in [4.78, 5) is 19.1. The van der Waals surface area contributed by atoms with Gasteiger partial charge in [-0.25, -0.2) is 0 Å². The molecule has 7 nitrogen and oxygen atoms in total. The van der Waals surface area contributed by atoms with Crippen molar-refractivity contribution >= 4 is 28.4 Å². The number of hydrogen-bond acceptors (Lipinski definition) is 5. The molecular formula is C26H31ClN4O3. The van der Waals surface area contributed by atoms with Crippen LogP contribution in [0.2, 0.25) is 5.02 Å². The molecule has 1 saturated heterocycles. The van der Waals surface area contributed by atoms with Crippen molar-refractivity contribution in [2.75, 3.05) is 45.9 Å². The topological polar surface area (TPSA) is 80.8 Å². The van der Waals surface area contributed by atoms with Crippen LogP contribution in [0.1, 0.15) is 29.8 Å². The van der Waals surface area contributed by atoms with Crippen LogP contribution in [0.15, 0.2) is 42.5 Å². The van der Waals surface area contributed by atoms with Crippen molar-refractivity contribution in [3.63, 3.8) is 0 Å². The van der Waals surface area contributed by atoms with Gasteiger partial charge in [-0.2, -0.15) is 0 Å². The number of benzene rings is 2. The average molecular weight is 483 g/mol. The van der Waals surface area contributed by atoms with Crippen LogP contribution in [0.3, 0.4) is 0 Å². The molecule has 3 N–H and O–H groups in total. The third-order valence-corrected chi connectivity index (χ3v) is 7.09. The fourth-order valence-corrected chi connectivity index (χ4v) is 5.20. The molecule has 2 unspecified atom stereocenters. The number of aromatic nitrogens is 1. The van der Waals surface area contributed by atoms with E-state index in [0.717, 1.165) is 47.9 Å². The van der Waals surface area contributed by atoms with Crippen LogP contribution in [0.5, 0.6) is 5.75 Å². The molecule has 0 bridgehead atoms. The van der Waals surface area contributed by atoms with E-state index in [1.54, 1.807) is 6.92 Å². The molecule has 8 heteroatoms. The Morgan fingerprint density at radius 3 is 2.68 bits per heavy atom. The Morgan fingerprint density at radius 1 is 1.18 bits per heavy atom. The number of nitrogens with zero attached hydrogens (tertiary/aromatic N) is 2. The van der Waals surface area contributed by atoms with Gasteiger partial charge in [-0.05, 0) is 47.9 Å². The van der Waals surface area contributed by atoms with Crippen LogP contribution in [0.25, 0.3) is 10.9 Å². The van der Waals surface area contributed by atoms with E-state index in [2.05, 4.69) is 27.3 Å². The van der Waals surface area contributed by atoms with Crippen molar-refractivity contribution in [3.05, 3.63) is 64.3 Å². The monoisotopic (exact) mass is 482 g/mol. The molecule has 2 aliphatic rings. The van der Waals surface area contributed by atoms with Crippen LogP contribution >= 0.6 is 11.6 Å². The number of ether oxygens (including phenoxy) is 1. The molecule has 0 saturated carbocycles. The number of β-amino-alcohol motifs (C(OH)–C–C–N with tert-alkyl or cyclic N) is 1. The Kier molecular flexibility index (Phi) is 6.79. The number of rotatable bonds is 6. The number of carbonyl (C=O) groups is 1. The first-order valence-electron chi connectivity index (χ1n) is 11.9. The second-order valence-corrected chi connectivity index (χ2v) is 9.62. The molecular weight excluding hydrogens is 452 g/mol. The predicted octanol–water partition coefficient (Wildman–Crippen LogP) is 2.96. The molecule has 180 valence electrons. The lowest BCUT2D eigenvalue weighted by molar-refractivity contribution is -0.130. The first kappa shape index (κ1) is 23.2. The molecule has 0 aliphatic carbocycles. The van der Waals surface area contributed by atoms with E-state index >= 15 is 0 Å². The summed E-state index contributed by atoms with van der Waals surface area (Å²) < 4.78 is 5.86. The van der Waals surface area contributed by atoms with Crippen LogP contribution in [-0.2, 0) is 11.2 Å². The van der Waals surface area contributed by atoms with E-state index in [4.69, 9.17) is 16.3 Å². The molecule has 5 rings (SSSR count). The van der Waals surface area contributed by atoms with Crippen molar-refractivity contribution in [3.8, 4) is 5.75 Å². The van der Waals surface area contributed by atoms with Gasteiger partial charge in [0.25, 0.3) is 0 Å². The van der Waals surface area contributed by atoms with Crippen molar-refractivity contribution in [2.24, 2.45) is 0 Å². The largest absolute Gasteiger partial charge is 0.491 e. The summed E-state index contributed by atoms with van der Waals surface area (Å²) in [5.41, 5.74) is 4.79. The minimum atomic E-state index is -0.579. The lowest BCUT2D eigenvalue weighted by Gasteiger charge is -2.35. The number of fused-ring (bicyclic) bond motifs is 3. The van der Waals surface area contributed by atoms with Gasteiger partial charge in [-0.15, -0.1) is 0 Å². The van der Waals surface area contributed by atoms with Gasteiger partial charge in [-0.1, -0.05) is 23.7 Å². The van der Waals surface area contributed by atoms with Gasteiger partial charge in [0, 0.05) is 67.8 Å². The lowest BCUT2D eigenvalue weighted by Crippen LogP contribution is -2.50. The Hall–Kier alpha value is -2.58. The van der Waals surface area contributed by atoms with Crippen molar-refractivity contribution < 1.29 is 14.6 Å². The van der Waals surface area contributed by atoms with Gasteiger partial charge >= 0.3 is 0 Å². The number of H-pyrrole nitrogens is 1. The van der Waals surface area contributed by atoms with E-state index in [1.165, 1.54) is 16.6 Å². The molecule has 1 fully saturated rings. The first-order chi connectivity index (χ1) is 16.5. The Labute approximate surface area is 204 Å². The molecule has 3 aromatic rings. The summed E-state index contributed by atoms with van der Waals surface area (Å²) >= 11 is 6.23. The summed E-state index contributed by atoms with van der Waals surface area (Å²) in [6.07, 6.45) is 0.388. The predicted molar refractivity (Wildman–Crippen MR) is 133 cm³/mol. The fraction of sp³-hybridized carbons (Fsp3) is 0.423. The second kappa shape index (κ2) is 9.96. The zero-order valence-electron chi connectivity index (χ0n) is 19.4. The molecule has 2 aliphatic heterocycles. The minimum absolute atomic E-state index is 0.0863. The number of nitrogens with one attached hydrogen (secondary N) is 2. The number of carbonyl (C=O) groups excluding carboxylic acids is 1. The zero-order valence-corrected chi connectivity index (χ0v) is 20.1. The molecule has 1 aromatic heterocycles. The summed E-state index contributed by atoms with van der Waals surface area (Å²) in [5.74, 6) is 0.851. The number of halogens is 1. The van der Waals surface area contributed by atoms with Gasteiger partial charge < -0.3 is 25.0 Å². The van der Waals surface area contributed by atoms with E-state index in [0.29, 0.717) is 19.6 Å². The Morgan fingerprint density at radius 2 is 1.94 bits per heavy atom. The van der Waals surface area contributed by atoms with E-state index < -0.39 is 6.10 Å². The summed E-state index contributed by atoms with van der Waals surface area (Å²) in [6, 6.07) is 14.2. The maximum absolute atomic E-state index is 11.5. The number of aromatic amines is 1. The quantitative estimate of drug-likeness (QED) is 0.503. The first-order valence-corrected chi connectivity index (χ1v) is 12.3. The summed E-state index contributed by atoms with van der Waals surface area (Å²) in [7, 11) is 0. The summed E-state index contributed by atoms with van der Waals surface area (Å²) in [6.45, 7) is 6.27. The van der Waals surface area contributed by atoms with Crippen LogP contribution in [0, 0.1) is 0 Å². The SMILES string of the molecule is CC(=O)N1CCN(CC(O)COc2ccc(C3NCCc4c3[nH]c3ccc(Cl)cc43)cc2)CC1. The van der Waals surface area contributed by atoms with Crippen LogP contribution in [-0.4, -0.2) is 77.8 Å². The molecule has 0 spiro atoms. The molecule has 1 amide bonds. The molecule has 34 heavy (non-hydrogen) atoms. The van der Waals surface area contributed by atoms with Gasteiger partial charge in [0.05, 0.1) is 6.04 Å². The highest BCUT2D eigenvalue weighted by molar-refractivity contribution is 6.31. The molecule has 2 atom stereocenters. The van der Waals surface area contributed by atoms with Gasteiger partial charge in [0.15, 0.2) is 0 Å².